The van der Waals surface area contributed by atoms with Crippen LogP contribution in [0.5, 0.6) is 0 Å². The first-order chi connectivity index (χ1) is 10.5. The molecule has 0 spiro atoms. The fourth-order valence-corrected chi connectivity index (χ4v) is 2.58. The van der Waals surface area contributed by atoms with Crippen LogP contribution in [0.1, 0.15) is 30.5 Å². The number of hydrogen-bond acceptors (Lipinski definition) is 4. The minimum atomic E-state index is -1.42. The van der Waals surface area contributed by atoms with Crippen LogP contribution < -0.4 is 5.69 Å². The molecular weight excluding hydrogens is 293 g/mol. The molecule has 0 amide bonds. The molecule has 0 radical (unpaired) electrons. The van der Waals surface area contributed by atoms with Gasteiger partial charge in [0.25, 0.3) is 0 Å². The molecule has 22 heavy (non-hydrogen) atoms. The predicted octanol–water partition coefficient (Wildman–Crippen LogP) is 1.76. The Morgan fingerprint density at radius 1 is 1.41 bits per heavy atom. The molecule has 1 aliphatic rings. The monoisotopic (exact) mass is 307 g/mol. The quantitative estimate of drug-likeness (QED) is 0.873. The highest BCUT2D eigenvalue weighted by Gasteiger charge is 2.28. The SMILES string of the molecule is O=C(O)O[C@H]1CCCc2nn(Cc3ccc(F)cc3)c(=O)n21. The molecule has 1 aromatic carbocycles. The summed E-state index contributed by atoms with van der Waals surface area (Å²) >= 11 is 0. The van der Waals surface area contributed by atoms with Crippen LogP contribution in [0.4, 0.5) is 9.18 Å². The fourth-order valence-electron chi connectivity index (χ4n) is 2.58. The summed E-state index contributed by atoms with van der Waals surface area (Å²) in [5, 5.41) is 13.0. The third-order valence-corrected chi connectivity index (χ3v) is 3.56. The number of benzene rings is 1. The molecule has 1 N–H and O–H groups in total. The number of hydrogen-bond donors (Lipinski definition) is 1. The smallest absolute Gasteiger partial charge is 0.450 e. The average Bonchev–Trinajstić information content (AvgIpc) is 2.78. The van der Waals surface area contributed by atoms with Gasteiger partial charge in [0.2, 0.25) is 0 Å². The highest BCUT2D eigenvalue weighted by Crippen LogP contribution is 2.23. The second-order valence-corrected chi connectivity index (χ2v) is 5.08. The van der Waals surface area contributed by atoms with Crippen molar-refractivity contribution in [2.45, 2.75) is 32.0 Å². The van der Waals surface area contributed by atoms with Crippen molar-refractivity contribution in [3.05, 3.63) is 52.0 Å². The van der Waals surface area contributed by atoms with Crippen molar-refractivity contribution in [2.75, 3.05) is 0 Å². The van der Waals surface area contributed by atoms with E-state index in [1.165, 1.54) is 21.4 Å². The highest BCUT2D eigenvalue weighted by molar-refractivity contribution is 5.56. The Bertz CT molecular complexity index is 750. The van der Waals surface area contributed by atoms with E-state index in [1.807, 2.05) is 0 Å². The number of carboxylic acid groups (broad SMARTS) is 1. The van der Waals surface area contributed by atoms with Gasteiger partial charge in [-0.05, 0) is 24.1 Å². The molecule has 0 fully saturated rings. The molecule has 7 nitrogen and oxygen atoms in total. The summed E-state index contributed by atoms with van der Waals surface area (Å²) in [4.78, 5) is 23.1. The summed E-state index contributed by atoms with van der Waals surface area (Å²) in [6, 6.07) is 5.77. The normalized spacial score (nSPS) is 17.0. The molecule has 116 valence electrons. The van der Waals surface area contributed by atoms with Crippen LogP contribution in [-0.2, 0) is 17.7 Å². The second kappa shape index (κ2) is 5.63. The molecule has 0 saturated carbocycles. The molecule has 8 heteroatoms. The van der Waals surface area contributed by atoms with Crippen molar-refractivity contribution in [1.82, 2.24) is 14.3 Å². The highest BCUT2D eigenvalue weighted by atomic mass is 19.1. The zero-order chi connectivity index (χ0) is 15.7. The van der Waals surface area contributed by atoms with Crippen LogP contribution in [0.3, 0.4) is 0 Å². The Balaban J connectivity index is 1.91. The lowest BCUT2D eigenvalue weighted by atomic mass is 10.1. The van der Waals surface area contributed by atoms with E-state index in [0.717, 1.165) is 5.56 Å². The van der Waals surface area contributed by atoms with Gasteiger partial charge >= 0.3 is 11.8 Å². The Hall–Kier alpha value is -2.64. The van der Waals surface area contributed by atoms with Gasteiger partial charge in [-0.1, -0.05) is 12.1 Å². The third kappa shape index (κ3) is 2.72. The lowest BCUT2D eigenvalue weighted by Crippen LogP contribution is -2.33. The lowest BCUT2D eigenvalue weighted by molar-refractivity contribution is 0.00392. The second-order valence-electron chi connectivity index (χ2n) is 5.08. The van der Waals surface area contributed by atoms with Crippen molar-refractivity contribution >= 4 is 6.16 Å². The van der Waals surface area contributed by atoms with Gasteiger partial charge in [0.1, 0.15) is 11.6 Å². The summed E-state index contributed by atoms with van der Waals surface area (Å²) in [6.07, 6.45) is -0.524. The largest absolute Gasteiger partial charge is 0.507 e. The number of aromatic nitrogens is 3. The summed E-state index contributed by atoms with van der Waals surface area (Å²) in [5.41, 5.74) is 0.305. The summed E-state index contributed by atoms with van der Waals surface area (Å²) in [5.74, 6) is 0.153. The first-order valence-corrected chi connectivity index (χ1v) is 6.87. The number of rotatable bonds is 3. The minimum Gasteiger partial charge on any atom is -0.450 e. The molecule has 1 aliphatic heterocycles. The molecular formula is C14H14FN3O4. The van der Waals surface area contributed by atoms with Gasteiger partial charge in [0.05, 0.1) is 6.54 Å². The molecule has 0 saturated heterocycles. The maximum Gasteiger partial charge on any atom is 0.507 e. The van der Waals surface area contributed by atoms with E-state index >= 15 is 0 Å². The zero-order valence-electron chi connectivity index (χ0n) is 11.6. The van der Waals surface area contributed by atoms with Crippen LogP contribution in [0.15, 0.2) is 29.1 Å². The summed E-state index contributed by atoms with van der Waals surface area (Å²) in [6.45, 7) is 0.193. The third-order valence-electron chi connectivity index (χ3n) is 3.56. The number of carbonyl (C=O) groups is 1. The molecule has 0 bridgehead atoms. The van der Waals surface area contributed by atoms with Crippen molar-refractivity contribution in [3.63, 3.8) is 0 Å². The standard InChI is InChI=1S/C14H14FN3O4/c15-10-6-4-9(5-7-10)8-17-13(19)18-11(16-17)2-1-3-12(18)22-14(20)21/h4-7,12H,1-3,8H2,(H,20,21)/t12-/m0/s1. The number of fused-ring (bicyclic) bond motifs is 1. The van der Waals surface area contributed by atoms with E-state index in [0.29, 0.717) is 25.1 Å². The van der Waals surface area contributed by atoms with E-state index in [2.05, 4.69) is 5.10 Å². The van der Waals surface area contributed by atoms with E-state index in [4.69, 9.17) is 9.84 Å². The molecule has 2 heterocycles. The summed E-state index contributed by atoms with van der Waals surface area (Å²) in [7, 11) is 0. The fraction of sp³-hybridized carbons (Fsp3) is 0.357. The van der Waals surface area contributed by atoms with Crippen LogP contribution >= 0.6 is 0 Å². The van der Waals surface area contributed by atoms with Gasteiger partial charge in [0, 0.05) is 12.8 Å². The molecule has 0 unspecified atom stereocenters. The Kier molecular flexibility index (Phi) is 3.66. The van der Waals surface area contributed by atoms with Crippen molar-refractivity contribution in [1.29, 1.82) is 0 Å². The zero-order valence-corrected chi connectivity index (χ0v) is 11.6. The van der Waals surface area contributed by atoms with Crippen LogP contribution in [0, 0.1) is 5.82 Å². The molecule has 3 rings (SSSR count). The maximum atomic E-state index is 12.9. The molecule has 0 aliphatic carbocycles. The van der Waals surface area contributed by atoms with Crippen LogP contribution in [0.25, 0.3) is 0 Å². The van der Waals surface area contributed by atoms with Gasteiger partial charge in [-0.25, -0.2) is 23.2 Å². The van der Waals surface area contributed by atoms with E-state index in [9.17, 15) is 14.0 Å². The predicted molar refractivity (Wildman–Crippen MR) is 73.1 cm³/mol. The van der Waals surface area contributed by atoms with Gasteiger partial charge in [-0.3, -0.25) is 0 Å². The van der Waals surface area contributed by atoms with Gasteiger partial charge < -0.3 is 9.84 Å². The Morgan fingerprint density at radius 2 is 2.14 bits per heavy atom. The summed E-state index contributed by atoms with van der Waals surface area (Å²) < 4.78 is 20.2. The molecule has 1 aromatic heterocycles. The number of ether oxygens (including phenoxy) is 1. The van der Waals surface area contributed by atoms with Gasteiger partial charge in [0.15, 0.2) is 6.23 Å². The Morgan fingerprint density at radius 3 is 2.82 bits per heavy atom. The maximum absolute atomic E-state index is 12.9. The first-order valence-electron chi connectivity index (χ1n) is 6.87. The van der Waals surface area contributed by atoms with E-state index in [1.54, 1.807) is 12.1 Å². The lowest BCUT2D eigenvalue weighted by Gasteiger charge is -2.21. The van der Waals surface area contributed by atoms with E-state index in [-0.39, 0.29) is 12.4 Å². The first kappa shape index (κ1) is 14.3. The number of aryl methyl sites for hydroxylation is 1. The van der Waals surface area contributed by atoms with Crippen molar-refractivity contribution in [2.24, 2.45) is 0 Å². The molecule has 2 aromatic rings. The number of halogens is 1. The number of nitrogens with zero attached hydrogens (tertiary/aromatic N) is 3. The van der Waals surface area contributed by atoms with Crippen molar-refractivity contribution in [3.8, 4) is 0 Å². The van der Waals surface area contributed by atoms with Crippen LogP contribution in [-0.4, -0.2) is 25.6 Å². The topological polar surface area (TPSA) is 86.3 Å². The Labute approximate surface area is 124 Å². The average molecular weight is 307 g/mol. The van der Waals surface area contributed by atoms with Gasteiger partial charge in [-0.2, -0.15) is 5.10 Å². The minimum absolute atomic E-state index is 0.193. The van der Waals surface area contributed by atoms with Crippen LogP contribution in [0.2, 0.25) is 0 Å². The molecule has 1 atom stereocenters. The van der Waals surface area contributed by atoms with Gasteiger partial charge in [-0.15, -0.1) is 0 Å². The van der Waals surface area contributed by atoms with Crippen molar-refractivity contribution < 1.29 is 19.0 Å². The van der Waals surface area contributed by atoms with E-state index < -0.39 is 18.1 Å².